The van der Waals surface area contributed by atoms with E-state index in [4.69, 9.17) is 0 Å². The zero-order valence-electron chi connectivity index (χ0n) is 13.0. The molecule has 2 fully saturated rings. The number of carbonyl (C=O) groups is 1. The highest BCUT2D eigenvalue weighted by atomic mass is 16.2. The van der Waals surface area contributed by atoms with E-state index < -0.39 is 0 Å². The van der Waals surface area contributed by atoms with Crippen LogP contribution in [0.5, 0.6) is 0 Å². The summed E-state index contributed by atoms with van der Waals surface area (Å²) in [6.45, 7) is 7.80. The lowest BCUT2D eigenvalue weighted by molar-refractivity contribution is -0.117. The van der Waals surface area contributed by atoms with Crippen molar-refractivity contribution < 1.29 is 4.79 Å². The normalized spacial score (nSPS) is 25.6. The fraction of sp³-hybridized carbons (Fsp3) is 0.588. The molecule has 4 nitrogen and oxygen atoms in total. The molecule has 0 aromatic heterocycles. The summed E-state index contributed by atoms with van der Waals surface area (Å²) in [6.07, 6.45) is 2.42. The van der Waals surface area contributed by atoms with Gasteiger partial charge in [0.1, 0.15) is 0 Å². The molecular formula is C17H25N3O. The second kappa shape index (κ2) is 6.16. The van der Waals surface area contributed by atoms with Crippen molar-refractivity contribution in [3.8, 4) is 0 Å². The molecule has 2 N–H and O–H groups in total. The average molecular weight is 287 g/mol. The number of piperidine rings is 1. The monoisotopic (exact) mass is 287 g/mol. The van der Waals surface area contributed by atoms with Crippen LogP contribution < -0.4 is 10.6 Å². The molecule has 0 spiro atoms. The molecule has 3 rings (SSSR count). The fourth-order valence-electron chi connectivity index (χ4n) is 3.53. The molecule has 2 aliphatic heterocycles. The molecule has 1 amide bonds. The number of hydrogen-bond acceptors (Lipinski definition) is 3. The first-order valence-corrected chi connectivity index (χ1v) is 7.94. The minimum Gasteiger partial charge on any atom is -0.325 e. The molecular weight excluding hydrogens is 262 g/mol. The van der Waals surface area contributed by atoms with Gasteiger partial charge in [0.15, 0.2) is 0 Å². The predicted molar refractivity (Wildman–Crippen MR) is 85.5 cm³/mol. The van der Waals surface area contributed by atoms with Crippen molar-refractivity contribution in [2.75, 3.05) is 31.5 Å². The summed E-state index contributed by atoms with van der Waals surface area (Å²) < 4.78 is 0. The quantitative estimate of drug-likeness (QED) is 0.893. The maximum Gasteiger partial charge on any atom is 0.238 e. The van der Waals surface area contributed by atoms with Crippen LogP contribution in [0.2, 0.25) is 0 Å². The van der Waals surface area contributed by atoms with Crippen molar-refractivity contribution in [1.29, 1.82) is 0 Å². The van der Waals surface area contributed by atoms with E-state index in [1.165, 1.54) is 18.4 Å². The molecule has 2 saturated heterocycles. The standard InChI is InChI=1S/C17H25N3O/c1-12-3-4-13(2)16(9-12)19-17(21)11-20-8-6-15-14(10-20)5-7-18-15/h3-4,9,14-15,18H,5-8,10-11H2,1-2H3,(H,19,21). The Morgan fingerprint density at radius 1 is 1.38 bits per heavy atom. The van der Waals surface area contributed by atoms with Crippen molar-refractivity contribution in [3.05, 3.63) is 29.3 Å². The SMILES string of the molecule is Cc1ccc(C)c(NC(=O)CN2CCC3NCCC3C2)c1. The van der Waals surface area contributed by atoms with E-state index in [0.717, 1.165) is 36.8 Å². The average Bonchev–Trinajstić information content (AvgIpc) is 2.90. The summed E-state index contributed by atoms with van der Waals surface area (Å²) >= 11 is 0. The molecule has 2 atom stereocenters. The number of anilines is 1. The third-order valence-electron chi connectivity index (χ3n) is 4.77. The van der Waals surface area contributed by atoms with Gasteiger partial charge in [-0.25, -0.2) is 0 Å². The first-order chi connectivity index (χ1) is 10.1. The third kappa shape index (κ3) is 3.44. The molecule has 0 radical (unpaired) electrons. The lowest BCUT2D eigenvalue weighted by atomic mass is 9.93. The van der Waals surface area contributed by atoms with Crippen LogP contribution in [0.15, 0.2) is 18.2 Å². The van der Waals surface area contributed by atoms with E-state index in [9.17, 15) is 4.79 Å². The van der Waals surface area contributed by atoms with Gasteiger partial charge < -0.3 is 10.6 Å². The Labute approximate surface area is 126 Å². The number of likely N-dealkylation sites (tertiary alicyclic amines) is 1. The van der Waals surface area contributed by atoms with Crippen molar-refractivity contribution >= 4 is 11.6 Å². The number of hydrogen-bond donors (Lipinski definition) is 2. The number of benzene rings is 1. The molecule has 0 bridgehead atoms. The van der Waals surface area contributed by atoms with Crippen molar-refractivity contribution in [2.24, 2.45) is 5.92 Å². The number of aryl methyl sites for hydroxylation is 2. The lowest BCUT2D eigenvalue weighted by Crippen LogP contribution is -2.46. The van der Waals surface area contributed by atoms with Gasteiger partial charge in [0, 0.05) is 24.8 Å². The van der Waals surface area contributed by atoms with Gasteiger partial charge in [-0.3, -0.25) is 9.69 Å². The predicted octanol–water partition coefficient (Wildman–Crippen LogP) is 1.93. The molecule has 1 aromatic rings. The summed E-state index contributed by atoms with van der Waals surface area (Å²) in [6, 6.07) is 6.85. The lowest BCUT2D eigenvalue weighted by Gasteiger charge is -2.34. The highest BCUT2D eigenvalue weighted by Gasteiger charge is 2.32. The van der Waals surface area contributed by atoms with Gasteiger partial charge in [-0.1, -0.05) is 12.1 Å². The zero-order chi connectivity index (χ0) is 14.8. The Morgan fingerprint density at radius 2 is 2.24 bits per heavy atom. The molecule has 0 saturated carbocycles. The highest BCUT2D eigenvalue weighted by Crippen LogP contribution is 2.24. The summed E-state index contributed by atoms with van der Waals surface area (Å²) in [4.78, 5) is 14.6. The number of rotatable bonds is 3. The first-order valence-electron chi connectivity index (χ1n) is 7.94. The molecule has 1 aromatic carbocycles. The van der Waals surface area contributed by atoms with E-state index in [2.05, 4.69) is 27.7 Å². The van der Waals surface area contributed by atoms with Gasteiger partial charge in [-0.15, -0.1) is 0 Å². The largest absolute Gasteiger partial charge is 0.325 e. The number of amides is 1. The maximum atomic E-state index is 12.3. The smallest absolute Gasteiger partial charge is 0.238 e. The van der Waals surface area contributed by atoms with E-state index >= 15 is 0 Å². The molecule has 2 aliphatic rings. The van der Waals surface area contributed by atoms with Crippen molar-refractivity contribution in [2.45, 2.75) is 32.7 Å². The van der Waals surface area contributed by atoms with Gasteiger partial charge >= 0.3 is 0 Å². The van der Waals surface area contributed by atoms with Gasteiger partial charge in [0.2, 0.25) is 5.91 Å². The summed E-state index contributed by atoms with van der Waals surface area (Å²) in [5, 5.41) is 6.62. The molecule has 114 valence electrons. The third-order valence-corrected chi connectivity index (χ3v) is 4.77. The Bertz CT molecular complexity index is 529. The summed E-state index contributed by atoms with van der Waals surface area (Å²) in [5.41, 5.74) is 3.24. The number of fused-ring (bicyclic) bond motifs is 1. The second-order valence-corrected chi connectivity index (χ2v) is 6.50. The van der Waals surface area contributed by atoms with Crippen LogP contribution in [-0.4, -0.2) is 43.0 Å². The zero-order valence-corrected chi connectivity index (χ0v) is 13.0. The topological polar surface area (TPSA) is 44.4 Å². The Morgan fingerprint density at radius 3 is 3.10 bits per heavy atom. The van der Waals surface area contributed by atoms with Crippen LogP contribution in [0.25, 0.3) is 0 Å². The molecule has 2 unspecified atom stereocenters. The van der Waals surface area contributed by atoms with Crippen LogP contribution in [-0.2, 0) is 4.79 Å². The summed E-state index contributed by atoms with van der Waals surface area (Å²) in [5.74, 6) is 0.834. The van der Waals surface area contributed by atoms with E-state index in [-0.39, 0.29) is 5.91 Å². The number of nitrogens with zero attached hydrogens (tertiary/aromatic N) is 1. The second-order valence-electron chi connectivity index (χ2n) is 6.50. The molecule has 2 heterocycles. The number of carbonyl (C=O) groups excluding carboxylic acids is 1. The minimum atomic E-state index is 0.105. The van der Waals surface area contributed by atoms with Crippen LogP contribution in [0.1, 0.15) is 24.0 Å². The van der Waals surface area contributed by atoms with Gasteiger partial charge in [-0.2, -0.15) is 0 Å². The molecule has 4 heteroatoms. The van der Waals surface area contributed by atoms with Crippen LogP contribution >= 0.6 is 0 Å². The van der Waals surface area contributed by atoms with E-state index in [1.54, 1.807) is 0 Å². The first kappa shape index (κ1) is 14.5. The van der Waals surface area contributed by atoms with Crippen LogP contribution in [0, 0.1) is 19.8 Å². The van der Waals surface area contributed by atoms with Gasteiger partial charge in [-0.05, 0) is 56.3 Å². The Kier molecular flexibility index (Phi) is 4.27. The highest BCUT2D eigenvalue weighted by molar-refractivity contribution is 5.93. The summed E-state index contributed by atoms with van der Waals surface area (Å²) in [7, 11) is 0. The van der Waals surface area contributed by atoms with Gasteiger partial charge in [0.25, 0.3) is 0 Å². The van der Waals surface area contributed by atoms with Crippen LogP contribution in [0.4, 0.5) is 5.69 Å². The van der Waals surface area contributed by atoms with Crippen molar-refractivity contribution in [3.63, 3.8) is 0 Å². The van der Waals surface area contributed by atoms with Crippen LogP contribution in [0.3, 0.4) is 0 Å². The Hall–Kier alpha value is -1.39. The van der Waals surface area contributed by atoms with Gasteiger partial charge in [0.05, 0.1) is 6.54 Å². The maximum absolute atomic E-state index is 12.3. The molecule has 21 heavy (non-hydrogen) atoms. The van der Waals surface area contributed by atoms with E-state index in [1.807, 2.05) is 19.9 Å². The molecule has 0 aliphatic carbocycles. The van der Waals surface area contributed by atoms with Crippen molar-refractivity contribution in [1.82, 2.24) is 10.2 Å². The minimum absolute atomic E-state index is 0.105. The Balaban J connectivity index is 1.55. The van der Waals surface area contributed by atoms with E-state index in [0.29, 0.717) is 12.6 Å². The fourth-order valence-corrected chi connectivity index (χ4v) is 3.53. The number of nitrogens with one attached hydrogen (secondary N) is 2.